The second kappa shape index (κ2) is 10.2. The SMILES string of the molecule is C1CC[CH]([Sn+2][CH]2CCCCC2)CC1.[I-].[I-]. The number of rotatable bonds is 2. The first kappa shape index (κ1) is 17.3. The minimum absolute atomic E-state index is 0. The zero-order valence-corrected chi connectivity index (χ0v) is 16.7. The zero-order valence-electron chi connectivity index (χ0n) is 9.48. The molecule has 2 rings (SSSR count). The Kier molecular flexibility index (Phi) is 11.7. The molecule has 0 unspecified atom stereocenters. The van der Waals surface area contributed by atoms with Crippen LogP contribution in [0.3, 0.4) is 0 Å². The molecule has 0 nitrogen and oxygen atoms in total. The monoisotopic (exact) mass is 540 g/mol. The first-order valence-corrected chi connectivity index (χ1v) is 9.51. The van der Waals surface area contributed by atoms with E-state index in [1.807, 2.05) is 0 Å². The molecule has 0 spiro atoms. The molecule has 2 aliphatic rings. The molecule has 0 aromatic carbocycles. The normalized spacial score (nSPS) is 23.5. The van der Waals surface area contributed by atoms with Gasteiger partial charge in [-0.2, -0.15) is 0 Å². The Labute approximate surface area is 139 Å². The summed E-state index contributed by atoms with van der Waals surface area (Å²) in [4.78, 5) is 0. The predicted octanol–water partition coefficient (Wildman–Crippen LogP) is -1.80. The molecule has 0 aromatic rings. The van der Waals surface area contributed by atoms with Crippen LogP contribution in [-0.4, -0.2) is 21.1 Å². The summed E-state index contributed by atoms with van der Waals surface area (Å²) >= 11 is 0.0367. The van der Waals surface area contributed by atoms with E-state index in [9.17, 15) is 0 Å². The maximum absolute atomic E-state index is 1.63. The summed E-state index contributed by atoms with van der Waals surface area (Å²) in [6.07, 6.45) is 15.9. The van der Waals surface area contributed by atoms with Crippen LogP contribution in [0, 0.1) is 0 Å². The fourth-order valence-electron chi connectivity index (χ4n) is 2.87. The van der Waals surface area contributed by atoms with E-state index in [-0.39, 0.29) is 69.1 Å². The molecule has 88 valence electrons. The summed E-state index contributed by atoms with van der Waals surface area (Å²) in [5.74, 6) is 0. The second-order valence-corrected chi connectivity index (χ2v) is 10.4. The molecule has 0 amide bonds. The van der Waals surface area contributed by atoms with Crippen LogP contribution < -0.4 is 48.0 Å². The Morgan fingerprint density at radius 1 is 0.533 bits per heavy atom. The molecule has 2 fully saturated rings. The van der Waals surface area contributed by atoms with Crippen molar-refractivity contribution in [3.63, 3.8) is 0 Å². The van der Waals surface area contributed by atoms with Crippen LogP contribution in [0.25, 0.3) is 0 Å². The van der Waals surface area contributed by atoms with E-state index in [0.29, 0.717) is 0 Å². The van der Waals surface area contributed by atoms with E-state index >= 15 is 0 Å². The fourth-order valence-corrected chi connectivity index (χ4v) is 9.01. The van der Waals surface area contributed by atoms with Gasteiger partial charge in [0, 0.05) is 0 Å². The van der Waals surface area contributed by atoms with Crippen molar-refractivity contribution in [1.82, 2.24) is 0 Å². The van der Waals surface area contributed by atoms with Crippen molar-refractivity contribution in [1.29, 1.82) is 0 Å². The summed E-state index contributed by atoms with van der Waals surface area (Å²) in [6, 6.07) is 0. The zero-order chi connectivity index (χ0) is 8.93. The Morgan fingerprint density at radius 3 is 1.20 bits per heavy atom. The molecule has 0 N–H and O–H groups in total. The Balaban J connectivity index is 0.000000980. The quantitative estimate of drug-likeness (QED) is 0.288. The molecule has 15 heavy (non-hydrogen) atoms. The van der Waals surface area contributed by atoms with Crippen LogP contribution in [0.1, 0.15) is 64.2 Å². The van der Waals surface area contributed by atoms with Crippen LogP contribution in [0.2, 0.25) is 7.87 Å². The van der Waals surface area contributed by atoms with Gasteiger partial charge in [0.05, 0.1) is 0 Å². The van der Waals surface area contributed by atoms with Gasteiger partial charge in [0.25, 0.3) is 0 Å². The van der Waals surface area contributed by atoms with Gasteiger partial charge in [-0.1, -0.05) is 0 Å². The fraction of sp³-hybridized carbons (Fsp3) is 1.00. The molecule has 0 radical (unpaired) electrons. The summed E-state index contributed by atoms with van der Waals surface area (Å²) in [7, 11) is 0. The average molecular weight is 539 g/mol. The molecular formula is C12H22I2Sn. The van der Waals surface area contributed by atoms with E-state index in [2.05, 4.69) is 0 Å². The Morgan fingerprint density at radius 2 is 0.867 bits per heavy atom. The number of hydrogen-bond donors (Lipinski definition) is 0. The minimum Gasteiger partial charge on any atom is -1.00 e. The van der Waals surface area contributed by atoms with Gasteiger partial charge in [0.1, 0.15) is 0 Å². The molecule has 0 aliphatic heterocycles. The predicted molar refractivity (Wildman–Crippen MR) is 59.4 cm³/mol. The van der Waals surface area contributed by atoms with E-state index < -0.39 is 0 Å². The number of halogens is 2. The largest absolute Gasteiger partial charge is 1.00 e. The van der Waals surface area contributed by atoms with Gasteiger partial charge in [-0.15, -0.1) is 0 Å². The van der Waals surface area contributed by atoms with Gasteiger partial charge >= 0.3 is 93.2 Å². The van der Waals surface area contributed by atoms with Crippen LogP contribution in [0.15, 0.2) is 0 Å². The van der Waals surface area contributed by atoms with E-state index in [0.717, 1.165) is 0 Å². The van der Waals surface area contributed by atoms with Crippen LogP contribution in [0.5, 0.6) is 0 Å². The van der Waals surface area contributed by atoms with Gasteiger partial charge in [-0.05, 0) is 0 Å². The molecule has 0 heterocycles. The van der Waals surface area contributed by atoms with Crippen LogP contribution in [0.4, 0.5) is 0 Å². The van der Waals surface area contributed by atoms with Gasteiger partial charge < -0.3 is 48.0 Å². The minimum atomic E-state index is 0. The van der Waals surface area contributed by atoms with Crippen molar-refractivity contribution in [3.8, 4) is 0 Å². The summed E-state index contributed by atoms with van der Waals surface area (Å²) in [5, 5.41) is 0. The standard InChI is InChI=1S/2C6H11.2HI.Sn/c2*1-2-4-6-5-3-1;;;/h2*1H,2-6H2;2*1H;/q;;;;+2/p-2. The van der Waals surface area contributed by atoms with Gasteiger partial charge in [-0.25, -0.2) is 0 Å². The Bertz CT molecular complexity index is 125. The molecule has 2 aliphatic carbocycles. The van der Waals surface area contributed by atoms with Gasteiger partial charge in [0.2, 0.25) is 0 Å². The molecule has 0 saturated heterocycles. The van der Waals surface area contributed by atoms with Crippen molar-refractivity contribution in [2.75, 3.05) is 0 Å². The third-order valence-electron chi connectivity index (χ3n) is 3.68. The first-order valence-electron chi connectivity index (χ1n) is 6.21. The summed E-state index contributed by atoms with van der Waals surface area (Å²) in [6.45, 7) is 0. The van der Waals surface area contributed by atoms with Crippen molar-refractivity contribution in [3.05, 3.63) is 0 Å². The van der Waals surface area contributed by atoms with E-state index in [4.69, 9.17) is 0 Å². The van der Waals surface area contributed by atoms with Crippen LogP contribution in [-0.2, 0) is 0 Å². The maximum Gasteiger partial charge on any atom is -1.00 e. The third kappa shape index (κ3) is 6.67. The molecule has 0 aromatic heterocycles. The molecular weight excluding hydrogens is 517 g/mol. The first-order chi connectivity index (χ1) is 6.45. The van der Waals surface area contributed by atoms with Crippen molar-refractivity contribution < 1.29 is 48.0 Å². The molecule has 0 atom stereocenters. The molecule has 2 saturated carbocycles. The maximum atomic E-state index is 1.63. The Hall–Kier alpha value is 2.26. The van der Waals surface area contributed by atoms with Gasteiger partial charge in [-0.3, -0.25) is 0 Å². The molecule has 3 heteroatoms. The second-order valence-electron chi connectivity index (χ2n) is 4.84. The van der Waals surface area contributed by atoms with Crippen LogP contribution >= 0.6 is 0 Å². The average Bonchev–Trinajstić information content (AvgIpc) is 2.21. The van der Waals surface area contributed by atoms with Gasteiger partial charge in [0.15, 0.2) is 0 Å². The van der Waals surface area contributed by atoms with Crippen molar-refractivity contribution in [2.45, 2.75) is 72.1 Å². The molecule has 0 bridgehead atoms. The van der Waals surface area contributed by atoms with Crippen molar-refractivity contribution >= 4 is 21.1 Å². The smallest absolute Gasteiger partial charge is 1.00 e. The summed E-state index contributed by atoms with van der Waals surface area (Å²) in [5.41, 5.74) is 0. The van der Waals surface area contributed by atoms with Crippen molar-refractivity contribution in [2.24, 2.45) is 0 Å². The third-order valence-corrected chi connectivity index (χ3v) is 9.67. The van der Waals surface area contributed by atoms with E-state index in [1.54, 1.807) is 64.2 Å². The summed E-state index contributed by atoms with van der Waals surface area (Å²) < 4.78 is 2.58. The van der Waals surface area contributed by atoms with E-state index in [1.165, 1.54) is 7.87 Å². The number of hydrogen-bond acceptors (Lipinski definition) is 0. The topological polar surface area (TPSA) is 0 Å².